The Hall–Kier alpha value is -2.04. The number of hydrogen-bond acceptors (Lipinski definition) is 3. The Bertz CT molecular complexity index is 416. The van der Waals surface area contributed by atoms with Crippen molar-refractivity contribution in [1.82, 2.24) is 0 Å². The van der Waals surface area contributed by atoms with E-state index in [1.165, 1.54) is 18.2 Å². The third-order valence-electron chi connectivity index (χ3n) is 2.05. The van der Waals surface area contributed by atoms with Crippen LogP contribution in [-0.4, -0.2) is 17.0 Å². The minimum Gasteiger partial charge on any atom is -0.478 e. The van der Waals surface area contributed by atoms with Crippen molar-refractivity contribution in [2.75, 3.05) is 11.1 Å². The van der Waals surface area contributed by atoms with Gasteiger partial charge in [0.05, 0.1) is 16.9 Å². The van der Waals surface area contributed by atoms with Crippen LogP contribution >= 0.6 is 0 Å². The second-order valence-electron chi connectivity index (χ2n) is 3.41. The van der Waals surface area contributed by atoms with E-state index in [1.807, 2.05) is 6.92 Å². The van der Waals surface area contributed by atoms with E-state index in [4.69, 9.17) is 10.8 Å². The summed E-state index contributed by atoms with van der Waals surface area (Å²) in [5.41, 5.74) is 6.43. The van der Waals surface area contributed by atoms with Gasteiger partial charge in [0.15, 0.2) is 0 Å². The van der Waals surface area contributed by atoms with Crippen LogP contribution in [-0.2, 0) is 4.79 Å². The lowest BCUT2D eigenvalue weighted by Gasteiger charge is -2.08. The second kappa shape index (κ2) is 5.16. The van der Waals surface area contributed by atoms with Gasteiger partial charge in [-0.2, -0.15) is 0 Å². The van der Waals surface area contributed by atoms with Gasteiger partial charge < -0.3 is 16.2 Å². The molecule has 0 atom stereocenters. The molecule has 5 heteroatoms. The molecule has 0 aromatic heterocycles. The van der Waals surface area contributed by atoms with Crippen LogP contribution in [0.1, 0.15) is 30.1 Å². The number of carboxylic acids is 1. The smallest absolute Gasteiger partial charge is 0.335 e. The molecule has 0 heterocycles. The lowest BCUT2D eigenvalue weighted by molar-refractivity contribution is -0.116. The van der Waals surface area contributed by atoms with Crippen molar-refractivity contribution in [3.8, 4) is 0 Å². The molecule has 0 aliphatic rings. The number of nitrogens with two attached hydrogens (primary N) is 1. The molecule has 1 aromatic rings. The highest BCUT2D eigenvalue weighted by Crippen LogP contribution is 2.20. The molecule has 0 bridgehead atoms. The van der Waals surface area contributed by atoms with Crippen LogP contribution in [0.5, 0.6) is 0 Å². The van der Waals surface area contributed by atoms with Gasteiger partial charge in [0, 0.05) is 6.42 Å². The van der Waals surface area contributed by atoms with E-state index >= 15 is 0 Å². The third kappa shape index (κ3) is 2.98. The Morgan fingerprint density at radius 2 is 2.12 bits per heavy atom. The van der Waals surface area contributed by atoms with Gasteiger partial charge in [-0.15, -0.1) is 0 Å². The normalized spacial score (nSPS) is 9.81. The average Bonchev–Trinajstić information content (AvgIpc) is 2.21. The SMILES string of the molecule is CCCC(=O)Nc1ccc(C(=O)O)cc1N. The minimum atomic E-state index is -1.04. The highest BCUT2D eigenvalue weighted by molar-refractivity contribution is 5.96. The molecule has 86 valence electrons. The van der Waals surface area contributed by atoms with Crippen LogP contribution in [0.15, 0.2) is 18.2 Å². The van der Waals surface area contributed by atoms with E-state index in [2.05, 4.69) is 5.32 Å². The van der Waals surface area contributed by atoms with Crippen molar-refractivity contribution in [1.29, 1.82) is 0 Å². The van der Waals surface area contributed by atoms with Crippen LogP contribution in [0.25, 0.3) is 0 Å². The fourth-order valence-electron chi connectivity index (χ4n) is 1.25. The summed E-state index contributed by atoms with van der Waals surface area (Å²) < 4.78 is 0. The zero-order chi connectivity index (χ0) is 12.1. The second-order valence-corrected chi connectivity index (χ2v) is 3.41. The lowest BCUT2D eigenvalue weighted by Crippen LogP contribution is -2.12. The van der Waals surface area contributed by atoms with E-state index in [1.54, 1.807) is 0 Å². The number of carbonyl (C=O) groups is 2. The number of rotatable bonds is 4. The monoisotopic (exact) mass is 222 g/mol. The van der Waals surface area contributed by atoms with Gasteiger partial charge in [0.2, 0.25) is 5.91 Å². The summed E-state index contributed by atoms with van der Waals surface area (Å²) in [5.74, 6) is -1.17. The number of carbonyl (C=O) groups excluding carboxylic acids is 1. The van der Waals surface area contributed by atoms with E-state index in [9.17, 15) is 9.59 Å². The van der Waals surface area contributed by atoms with Crippen LogP contribution in [0.2, 0.25) is 0 Å². The van der Waals surface area contributed by atoms with Crippen molar-refractivity contribution < 1.29 is 14.7 Å². The number of nitrogen functional groups attached to an aromatic ring is 1. The molecular formula is C11H14N2O3. The maximum Gasteiger partial charge on any atom is 0.335 e. The van der Waals surface area contributed by atoms with Gasteiger partial charge in [0.25, 0.3) is 0 Å². The van der Waals surface area contributed by atoms with Gasteiger partial charge in [-0.1, -0.05) is 6.92 Å². The molecule has 0 saturated carbocycles. The summed E-state index contributed by atoms with van der Waals surface area (Å²) in [4.78, 5) is 21.9. The minimum absolute atomic E-state index is 0.103. The molecule has 0 unspecified atom stereocenters. The fourth-order valence-corrected chi connectivity index (χ4v) is 1.25. The molecule has 0 aliphatic heterocycles. The lowest BCUT2D eigenvalue weighted by atomic mass is 10.1. The number of aromatic carboxylic acids is 1. The predicted molar refractivity (Wildman–Crippen MR) is 61.4 cm³/mol. The molecule has 0 fully saturated rings. The number of hydrogen-bond donors (Lipinski definition) is 3. The van der Waals surface area contributed by atoms with E-state index in [0.29, 0.717) is 12.1 Å². The summed E-state index contributed by atoms with van der Waals surface area (Å²) in [7, 11) is 0. The highest BCUT2D eigenvalue weighted by atomic mass is 16.4. The Kier molecular flexibility index (Phi) is 3.88. The molecule has 5 nitrogen and oxygen atoms in total. The zero-order valence-electron chi connectivity index (χ0n) is 8.99. The zero-order valence-corrected chi connectivity index (χ0v) is 8.99. The Balaban J connectivity index is 2.83. The fraction of sp³-hybridized carbons (Fsp3) is 0.273. The van der Waals surface area contributed by atoms with Crippen molar-refractivity contribution in [3.63, 3.8) is 0 Å². The molecule has 4 N–H and O–H groups in total. The van der Waals surface area contributed by atoms with Crippen molar-refractivity contribution in [3.05, 3.63) is 23.8 Å². The average molecular weight is 222 g/mol. The van der Waals surface area contributed by atoms with Gasteiger partial charge in [-0.3, -0.25) is 4.79 Å². The topological polar surface area (TPSA) is 92.4 Å². The first kappa shape index (κ1) is 12.0. The molecule has 16 heavy (non-hydrogen) atoms. The van der Waals surface area contributed by atoms with Gasteiger partial charge >= 0.3 is 5.97 Å². The first-order valence-electron chi connectivity index (χ1n) is 4.97. The van der Waals surface area contributed by atoms with Crippen LogP contribution in [0.3, 0.4) is 0 Å². The number of carboxylic acid groups (broad SMARTS) is 1. The van der Waals surface area contributed by atoms with Crippen molar-refractivity contribution in [2.45, 2.75) is 19.8 Å². The quantitative estimate of drug-likeness (QED) is 0.676. The first-order valence-corrected chi connectivity index (χ1v) is 4.97. The van der Waals surface area contributed by atoms with Gasteiger partial charge in [-0.25, -0.2) is 4.79 Å². The summed E-state index contributed by atoms with van der Waals surface area (Å²) in [5, 5.41) is 11.3. The summed E-state index contributed by atoms with van der Waals surface area (Å²) >= 11 is 0. The molecule has 0 radical (unpaired) electrons. The molecule has 0 saturated heterocycles. The Morgan fingerprint density at radius 1 is 1.44 bits per heavy atom. The van der Waals surface area contributed by atoms with Gasteiger partial charge in [-0.05, 0) is 24.6 Å². The third-order valence-corrected chi connectivity index (χ3v) is 2.05. The van der Waals surface area contributed by atoms with E-state index in [-0.39, 0.29) is 17.2 Å². The van der Waals surface area contributed by atoms with Crippen LogP contribution < -0.4 is 11.1 Å². The van der Waals surface area contributed by atoms with Gasteiger partial charge in [0.1, 0.15) is 0 Å². The molecule has 1 amide bonds. The highest BCUT2D eigenvalue weighted by Gasteiger charge is 2.08. The van der Waals surface area contributed by atoms with Crippen LogP contribution in [0.4, 0.5) is 11.4 Å². The van der Waals surface area contributed by atoms with E-state index in [0.717, 1.165) is 6.42 Å². The van der Waals surface area contributed by atoms with Crippen molar-refractivity contribution >= 4 is 23.3 Å². The maximum atomic E-state index is 11.3. The summed E-state index contributed by atoms with van der Waals surface area (Å²) in [6.45, 7) is 1.90. The maximum absolute atomic E-state index is 11.3. The summed E-state index contributed by atoms with van der Waals surface area (Å²) in [6.07, 6.45) is 1.17. The predicted octanol–water partition coefficient (Wildman–Crippen LogP) is 1.71. The Labute approximate surface area is 93.3 Å². The molecule has 0 spiro atoms. The van der Waals surface area contributed by atoms with Crippen LogP contribution in [0, 0.1) is 0 Å². The first-order chi connectivity index (χ1) is 7.54. The summed E-state index contributed by atoms with van der Waals surface area (Å²) in [6, 6.07) is 4.22. The van der Waals surface area contributed by atoms with E-state index < -0.39 is 5.97 Å². The molecule has 1 rings (SSSR count). The number of anilines is 2. The largest absolute Gasteiger partial charge is 0.478 e. The van der Waals surface area contributed by atoms with Crippen molar-refractivity contribution in [2.24, 2.45) is 0 Å². The molecule has 0 aliphatic carbocycles. The Morgan fingerprint density at radius 3 is 2.62 bits per heavy atom. The number of benzene rings is 1. The molecular weight excluding hydrogens is 208 g/mol. The standard InChI is InChI=1S/C11H14N2O3/c1-2-3-10(14)13-9-5-4-7(11(15)16)6-8(9)12/h4-6H,2-3,12H2,1H3,(H,13,14)(H,15,16). The number of nitrogens with one attached hydrogen (secondary N) is 1. The molecule has 1 aromatic carbocycles. The number of amides is 1.